The standard InChI is InChI=1S/C13H16N2OS/c1-3-15-9-8-14-13(15)12(16)10-6-4-5-7-11(10)17-2/h4-9,12,16H,3H2,1-2H3. The van der Waals surface area contributed by atoms with Crippen molar-refractivity contribution < 1.29 is 5.11 Å². The van der Waals surface area contributed by atoms with Crippen LogP contribution in [0.1, 0.15) is 24.4 Å². The third kappa shape index (κ3) is 2.37. The minimum Gasteiger partial charge on any atom is -0.380 e. The monoisotopic (exact) mass is 248 g/mol. The SMILES string of the molecule is CCn1ccnc1C(O)c1ccccc1SC. The van der Waals surface area contributed by atoms with E-state index in [-0.39, 0.29) is 0 Å². The van der Waals surface area contributed by atoms with Crippen molar-refractivity contribution in [3.8, 4) is 0 Å². The number of thioether (sulfide) groups is 1. The molecule has 0 aliphatic carbocycles. The molecule has 2 rings (SSSR count). The van der Waals surface area contributed by atoms with E-state index in [9.17, 15) is 5.11 Å². The first-order valence-electron chi connectivity index (χ1n) is 5.60. The number of rotatable bonds is 4. The first-order valence-corrected chi connectivity index (χ1v) is 6.82. The fourth-order valence-corrected chi connectivity index (χ4v) is 2.50. The van der Waals surface area contributed by atoms with E-state index in [0.29, 0.717) is 5.82 Å². The molecule has 0 amide bonds. The molecule has 0 aliphatic rings. The van der Waals surface area contributed by atoms with Crippen LogP contribution >= 0.6 is 11.8 Å². The fourth-order valence-electron chi connectivity index (χ4n) is 1.87. The third-order valence-corrected chi connectivity index (χ3v) is 3.58. The van der Waals surface area contributed by atoms with Crippen LogP contribution in [0, 0.1) is 0 Å². The average molecular weight is 248 g/mol. The van der Waals surface area contributed by atoms with Crippen molar-refractivity contribution in [2.45, 2.75) is 24.5 Å². The van der Waals surface area contributed by atoms with Crippen LogP contribution in [-0.4, -0.2) is 20.9 Å². The third-order valence-electron chi connectivity index (χ3n) is 2.77. The van der Waals surface area contributed by atoms with Crippen LogP contribution in [0.5, 0.6) is 0 Å². The molecule has 0 radical (unpaired) electrons. The predicted octanol–water partition coefficient (Wildman–Crippen LogP) is 2.71. The van der Waals surface area contributed by atoms with E-state index < -0.39 is 6.10 Å². The number of aliphatic hydroxyl groups excluding tert-OH is 1. The summed E-state index contributed by atoms with van der Waals surface area (Å²) in [5.41, 5.74) is 0.918. The van der Waals surface area contributed by atoms with Gasteiger partial charge in [0.05, 0.1) is 0 Å². The molecular formula is C13H16N2OS. The second-order valence-corrected chi connectivity index (χ2v) is 4.56. The Morgan fingerprint density at radius 1 is 1.41 bits per heavy atom. The second-order valence-electron chi connectivity index (χ2n) is 3.72. The number of benzene rings is 1. The molecule has 1 heterocycles. The van der Waals surface area contributed by atoms with Crippen LogP contribution in [0.4, 0.5) is 0 Å². The maximum Gasteiger partial charge on any atom is 0.142 e. The summed E-state index contributed by atoms with van der Waals surface area (Å²) in [5.74, 6) is 0.703. The summed E-state index contributed by atoms with van der Waals surface area (Å²) in [7, 11) is 0. The highest BCUT2D eigenvalue weighted by atomic mass is 32.2. The minimum absolute atomic E-state index is 0.659. The van der Waals surface area contributed by atoms with E-state index in [1.54, 1.807) is 18.0 Å². The first kappa shape index (κ1) is 12.2. The maximum absolute atomic E-state index is 10.4. The summed E-state index contributed by atoms with van der Waals surface area (Å²) in [5, 5.41) is 10.4. The van der Waals surface area contributed by atoms with E-state index in [0.717, 1.165) is 17.0 Å². The summed E-state index contributed by atoms with van der Waals surface area (Å²) in [6.07, 6.45) is 4.97. The van der Waals surface area contributed by atoms with E-state index >= 15 is 0 Å². The predicted molar refractivity (Wildman–Crippen MR) is 70.2 cm³/mol. The maximum atomic E-state index is 10.4. The van der Waals surface area contributed by atoms with Crippen molar-refractivity contribution in [2.24, 2.45) is 0 Å². The van der Waals surface area contributed by atoms with Crippen molar-refractivity contribution in [3.05, 3.63) is 48.0 Å². The zero-order valence-corrected chi connectivity index (χ0v) is 10.8. The Kier molecular flexibility index (Phi) is 3.86. The lowest BCUT2D eigenvalue weighted by atomic mass is 10.1. The Bertz CT molecular complexity index is 496. The molecule has 0 aliphatic heterocycles. The molecule has 1 aromatic heterocycles. The van der Waals surface area contributed by atoms with Crippen LogP contribution in [0.25, 0.3) is 0 Å². The summed E-state index contributed by atoms with van der Waals surface area (Å²) >= 11 is 1.64. The molecule has 1 aromatic carbocycles. The highest BCUT2D eigenvalue weighted by Crippen LogP contribution is 2.29. The zero-order chi connectivity index (χ0) is 12.3. The van der Waals surface area contributed by atoms with Crippen LogP contribution in [-0.2, 0) is 6.54 Å². The fraction of sp³-hybridized carbons (Fsp3) is 0.308. The number of hydrogen-bond donors (Lipinski definition) is 1. The second kappa shape index (κ2) is 5.38. The quantitative estimate of drug-likeness (QED) is 0.845. The molecule has 0 saturated carbocycles. The molecule has 2 aromatic rings. The van der Waals surface area contributed by atoms with Gasteiger partial charge in [-0.2, -0.15) is 0 Å². The number of nitrogens with zero attached hydrogens (tertiary/aromatic N) is 2. The van der Waals surface area contributed by atoms with Gasteiger partial charge in [-0.15, -0.1) is 11.8 Å². The molecule has 0 bridgehead atoms. The number of aryl methyl sites for hydroxylation is 1. The van der Waals surface area contributed by atoms with Gasteiger partial charge in [0, 0.05) is 29.4 Å². The molecule has 17 heavy (non-hydrogen) atoms. The molecule has 90 valence electrons. The number of hydrogen-bond acceptors (Lipinski definition) is 3. The van der Waals surface area contributed by atoms with Crippen molar-refractivity contribution >= 4 is 11.8 Å². The largest absolute Gasteiger partial charge is 0.380 e. The van der Waals surface area contributed by atoms with Gasteiger partial charge in [-0.3, -0.25) is 0 Å². The van der Waals surface area contributed by atoms with E-state index in [1.807, 2.05) is 48.2 Å². The molecule has 1 atom stereocenters. The first-order chi connectivity index (χ1) is 8.27. The van der Waals surface area contributed by atoms with E-state index in [2.05, 4.69) is 4.98 Å². The number of aromatic nitrogens is 2. The van der Waals surface area contributed by atoms with Gasteiger partial charge in [-0.05, 0) is 19.2 Å². The van der Waals surface area contributed by atoms with Gasteiger partial charge >= 0.3 is 0 Å². The number of imidazole rings is 1. The Morgan fingerprint density at radius 2 is 2.18 bits per heavy atom. The Labute approximate surface area is 106 Å². The lowest BCUT2D eigenvalue weighted by Gasteiger charge is -2.15. The minimum atomic E-state index is -0.659. The van der Waals surface area contributed by atoms with Crippen LogP contribution in [0.2, 0.25) is 0 Å². The van der Waals surface area contributed by atoms with Crippen molar-refractivity contribution in [1.29, 1.82) is 0 Å². The van der Waals surface area contributed by atoms with Gasteiger partial charge in [0.2, 0.25) is 0 Å². The van der Waals surface area contributed by atoms with Crippen molar-refractivity contribution in [1.82, 2.24) is 9.55 Å². The summed E-state index contributed by atoms with van der Waals surface area (Å²) in [6.45, 7) is 2.85. The normalized spacial score (nSPS) is 12.6. The molecule has 0 saturated heterocycles. The van der Waals surface area contributed by atoms with Gasteiger partial charge < -0.3 is 9.67 Å². The molecule has 4 heteroatoms. The Hall–Kier alpha value is -1.26. The van der Waals surface area contributed by atoms with Gasteiger partial charge in [-0.25, -0.2) is 4.98 Å². The molecule has 0 spiro atoms. The van der Waals surface area contributed by atoms with Gasteiger partial charge in [0.25, 0.3) is 0 Å². The van der Waals surface area contributed by atoms with E-state index in [1.165, 1.54) is 0 Å². The Morgan fingerprint density at radius 3 is 2.88 bits per heavy atom. The van der Waals surface area contributed by atoms with Crippen molar-refractivity contribution in [2.75, 3.05) is 6.26 Å². The molecular weight excluding hydrogens is 232 g/mol. The zero-order valence-electron chi connectivity index (χ0n) is 10.00. The average Bonchev–Trinajstić information content (AvgIpc) is 2.86. The molecule has 3 nitrogen and oxygen atoms in total. The van der Waals surface area contributed by atoms with E-state index in [4.69, 9.17) is 0 Å². The Balaban J connectivity index is 2.40. The van der Waals surface area contributed by atoms with Crippen LogP contribution in [0.3, 0.4) is 0 Å². The lowest BCUT2D eigenvalue weighted by molar-refractivity contribution is 0.202. The van der Waals surface area contributed by atoms with Crippen LogP contribution < -0.4 is 0 Å². The van der Waals surface area contributed by atoms with Gasteiger partial charge in [0.1, 0.15) is 11.9 Å². The topological polar surface area (TPSA) is 38.0 Å². The summed E-state index contributed by atoms with van der Waals surface area (Å²) in [4.78, 5) is 5.33. The smallest absolute Gasteiger partial charge is 0.142 e. The van der Waals surface area contributed by atoms with Crippen LogP contribution in [0.15, 0.2) is 41.6 Å². The van der Waals surface area contributed by atoms with Gasteiger partial charge in [0.15, 0.2) is 0 Å². The van der Waals surface area contributed by atoms with Crippen molar-refractivity contribution in [3.63, 3.8) is 0 Å². The molecule has 1 unspecified atom stereocenters. The molecule has 1 N–H and O–H groups in total. The highest BCUT2D eigenvalue weighted by Gasteiger charge is 2.18. The number of aliphatic hydroxyl groups is 1. The summed E-state index contributed by atoms with van der Waals surface area (Å²) in [6, 6.07) is 7.89. The van der Waals surface area contributed by atoms with Gasteiger partial charge in [-0.1, -0.05) is 18.2 Å². The highest BCUT2D eigenvalue weighted by molar-refractivity contribution is 7.98. The molecule has 0 fully saturated rings. The summed E-state index contributed by atoms with van der Waals surface area (Å²) < 4.78 is 1.96. The lowest BCUT2D eigenvalue weighted by Crippen LogP contribution is -2.09.